The summed E-state index contributed by atoms with van der Waals surface area (Å²) in [4.78, 5) is 17.0. The van der Waals surface area contributed by atoms with E-state index in [1.165, 1.54) is 0 Å². The van der Waals surface area contributed by atoms with Gasteiger partial charge in [-0.05, 0) is 19.1 Å². The highest BCUT2D eigenvalue weighted by Gasteiger charge is 2.30. The summed E-state index contributed by atoms with van der Waals surface area (Å²) >= 11 is 0. The van der Waals surface area contributed by atoms with E-state index in [1.54, 1.807) is 31.3 Å². The minimum absolute atomic E-state index is 0.327. The molecule has 0 amide bonds. The largest absolute Gasteiger partial charge is 0.355 e. The second-order valence-electron chi connectivity index (χ2n) is 5.02. The van der Waals surface area contributed by atoms with Crippen molar-refractivity contribution >= 4 is 5.78 Å². The maximum Gasteiger partial charge on any atom is 0.191 e. The Kier molecular flexibility index (Phi) is 3.98. The average Bonchev–Trinajstić information content (AvgIpc) is 2.99. The molecular weight excluding hydrogens is 290 g/mol. The fraction of sp³-hybridized carbons (Fsp3) is 0.111. The Morgan fingerprint density at radius 1 is 1.17 bits per heavy atom. The standard InChI is InChI=1S/C18H13N3O2/c1-12-16(18(23-21-12)13-7-3-2-4-8-13)17(22)14(11-19)15-9-5-6-10-20-15/h2-10,14H,1H3. The highest BCUT2D eigenvalue weighted by molar-refractivity contribution is 6.07. The Morgan fingerprint density at radius 3 is 2.57 bits per heavy atom. The lowest BCUT2D eigenvalue weighted by molar-refractivity contribution is 0.0977. The number of Topliss-reactive ketones (excluding diaryl/α,β-unsaturated/α-hetero) is 1. The summed E-state index contributed by atoms with van der Waals surface area (Å²) in [7, 11) is 0. The lowest BCUT2D eigenvalue weighted by Gasteiger charge is -2.08. The molecule has 3 rings (SSSR count). The van der Waals surface area contributed by atoms with E-state index in [1.807, 2.05) is 36.4 Å². The van der Waals surface area contributed by atoms with Gasteiger partial charge in [-0.1, -0.05) is 41.6 Å². The van der Waals surface area contributed by atoms with Crippen molar-refractivity contribution in [2.24, 2.45) is 0 Å². The quantitative estimate of drug-likeness (QED) is 0.689. The summed E-state index contributed by atoms with van der Waals surface area (Å²) in [6.45, 7) is 1.69. The van der Waals surface area contributed by atoms with Gasteiger partial charge in [-0.15, -0.1) is 0 Å². The smallest absolute Gasteiger partial charge is 0.191 e. The first-order valence-corrected chi connectivity index (χ1v) is 7.09. The number of pyridine rings is 1. The molecule has 0 saturated heterocycles. The number of nitrogens with zero attached hydrogens (tertiary/aromatic N) is 3. The molecular formula is C18H13N3O2. The summed E-state index contributed by atoms with van der Waals surface area (Å²) in [5, 5.41) is 13.3. The van der Waals surface area contributed by atoms with Crippen LogP contribution in [0, 0.1) is 18.3 Å². The number of hydrogen-bond acceptors (Lipinski definition) is 5. The van der Waals surface area contributed by atoms with Gasteiger partial charge in [-0.3, -0.25) is 9.78 Å². The Balaban J connectivity index is 2.07. The van der Waals surface area contributed by atoms with Crippen LogP contribution in [0.4, 0.5) is 0 Å². The van der Waals surface area contributed by atoms with Crippen molar-refractivity contribution in [3.05, 3.63) is 71.7 Å². The third kappa shape index (κ3) is 2.74. The van der Waals surface area contributed by atoms with Crippen molar-refractivity contribution in [1.82, 2.24) is 10.1 Å². The van der Waals surface area contributed by atoms with E-state index in [-0.39, 0.29) is 5.78 Å². The predicted octanol–water partition coefficient (Wildman–Crippen LogP) is 3.54. The monoisotopic (exact) mass is 303 g/mol. The fourth-order valence-electron chi connectivity index (χ4n) is 2.40. The molecule has 0 aliphatic heterocycles. The molecule has 5 heteroatoms. The van der Waals surface area contributed by atoms with E-state index in [0.717, 1.165) is 5.56 Å². The maximum absolute atomic E-state index is 12.9. The summed E-state index contributed by atoms with van der Waals surface area (Å²) < 4.78 is 5.33. The lowest BCUT2D eigenvalue weighted by atomic mass is 9.92. The molecule has 5 nitrogen and oxygen atoms in total. The van der Waals surface area contributed by atoms with Crippen LogP contribution in [0.25, 0.3) is 11.3 Å². The Hall–Kier alpha value is -3.26. The van der Waals surface area contributed by atoms with Gasteiger partial charge < -0.3 is 4.52 Å². The zero-order chi connectivity index (χ0) is 16.2. The molecule has 3 aromatic rings. The number of carbonyl (C=O) groups excluding carboxylic acids is 1. The summed E-state index contributed by atoms with van der Waals surface area (Å²) in [6.07, 6.45) is 1.56. The Morgan fingerprint density at radius 2 is 1.91 bits per heavy atom. The Labute approximate surface area is 133 Å². The van der Waals surface area contributed by atoms with Crippen molar-refractivity contribution in [2.45, 2.75) is 12.8 Å². The number of rotatable bonds is 4. The van der Waals surface area contributed by atoms with Crippen molar-refractivity contribution < 1.29 is 9.32 Å². The zero-order valence-electron chi connectivity index (χ0n) is 12.4. The van der Waals surface area contributed by atoms with Crippen LogP contribution in [-0.4, -0.2) is 15.9 Å². The number of carbonyl (C=O) groups is 1. The first-order valence-electron chi connectivity index (χ1n) is 7.09. The van der Waals surface area contributed by atoms with Gasteiger partial charge in [-0.2, -0.15) is 5.26 Å². The second kappa shape index (κ2) is 6.24. The highest BCUT2D eigenvalue weighted by atomic mass is 16.5. The molecule has 1 aromatic carbocycles. The molecule has 1 atom stereocenters. The van der Waals surface area contributed by atoms with Gasteiger partial charge in [0.2, 0.25) is 0 Å². The topological polar surface area (TPSA) is 79.8 Å². The number of benzene rings is 1. The maximum atomic E-state index is 12.9. The molecule has 0 aliphatic carbocycles. The van der Waals surface area contributed by atoms with Crippen LogP contribution >= 0.6 is 0 Å². The molecule has 0 N–H and O–H groups in total. The van der Waals surface area contributed by atoms with E-state index in [0.29, 0.717) is 22.7 Å². The molecule has 0 spiro atoms. The van der Waals surface area contributed by atoms with Crippen molar-refractivity contribution in [3.63, 3.8) is 0 Å². The van der Waals surface area contributed by atoms with Gasteiger partial charge in [0.05, 0.1) is 23.0 Å². The molecule has 0 saturated carbocycles. The summed E-state index contributed by atoms with van der Waals surface area (Å²) in [5.41, 5.74) is 1.95. The summed E-state index contributed by atoms with van der Waals surface area (Å²) in [6, 6.07) is 16.4. The predicted molar refractivity (Wildman–Crippen MR) is 83.6 cm³/mol. The molecule has 0 bridgehead atoms. The van der Waals surface area contributed by atoms with Gasteiger partial charge in [0.1, 0.15) is 0 Å². The molecule has 2 heterocycles. The second-order valence-corrected chi connectivity index (χ2v) is 5.02. The van der Waals surface area contributed by atoms with Crippen LogP contribution in [0.3, 0.4) is 0 Å². The van der Waals surface area contributed by atoms with Gasteiger partial charge in [0.25, 0.3) is 0 Å². The number of nitriles is 1. The van der Waals surface area contributed by atoms with E-state index >= 15 is 0 Å². The first-order chi connectivity index (χ1) is 11.2. The SMILES string of the molecule is Cc1noc(-c2ccccc2)c1C(=O)C(C#N)c1ccccn1. The van der Waals surface area contributed by atoms with E-state index in [4.69, 9.17) is 4.52 Å². The first kappa shape index (κ1) is 14.7. The molecule has 1 unspecified atom stereocenters. The van der Waals surface area contributed by atoms with Crippen LogP contribution in [-0.2, 0) is 0 Å². The number of ketones is 1. The van der Waals surface area contributed by atoms with E-state index in [9.17, 15) is 10.1 Å². The van der Waals surface area contributed by atoms with Gasteiger partial charge in [0.15, 0.2) is 17.5 Å². The highest BCUT2D eigenvalue weighted by Crippen LogP contribution is 2.30. The van der Waals surface area contributed by atoms with Crippen LogP contribution in [0.1, 0.15) is 27.7 Å². The van der Waals surface area contributed by atoms with Crippen molar-refractivity contribution in [3.8, 4) is 17.4 Å². The molecule has 23 heavy (non-hydrogen) atoms. The minimum Gasteiger partial charge on any atom is -0.355 e. The molecule has 0 radical (unpaired) electrons. The van der Waals surface area contributed by atoms with Crippen molar-refractivity contribution in [1.29, 1.82) is 5.26 Å². The molecule has 112 valence electrons. The van der Waals surface area contributed by atoms with Gasteiger partial charge in [-0.25, -0.2) is 0 Å². The molecule has 0 fully saturated rings. The number of aromatic nitrogens is 2. The van der Waals surface area contributed by atoms with Crippen LogP contribution in [0.5, 0.6) is 0 Å². The zero-order valence-corrected chi connectivity index (χ0v) is 12.4. The number of hydrogen-bond donors (Lipinski definition) is 0. The average molecular weight is 303 g/mol. The fourth-order valence-corrected chi connectivity index (χ4v) is 2.40. The van der Waals surface area contributed by atoms with Crippen LogP contribution in [0.15, 0.2) is 59.3 Å². The lowest BCUT2D eigenvalue weighted by Crippen LogP contribution is -2.14. The summed E-state index contributed by atoms with van der Waals surface area (Å²) in [5.74, 6) is -0.968. The van der Waals surface area contributed by atoms with Gasteiger partial charge in [0, 0.05) is 11.8 Å². The van der Waals surface area contributed by atoms with Crippen LogP contribution < -0.4 is 0 Å². The molecule has 0 aliphatic rings. The van der Waals surface area contributed by atoms with Crippen LogP contribution in [0.2, 0.25) is 0 Å². The third-order valence-electron chi connectivity index (χ3n) is 3.52. The van der Waals surface area contributed by atoms with E-state index in [2.05, 4.69) is 10.1 Å². The number of aryl methyl sites for hydroxylation is 1. The third-order valence-corrected chi connectivity index (χ3v) is 3.52. The normalized spacial score (nSPS) is 11.7. The van der Waals surface area contributed by atoms with E-state index < -0.39 is 5.92 Å². The Bertz CT molecular complexity index is 864. The van der Waals surface area contributed by atoms with Gasteiger partial charge >= 0.3 is 0 Å². The minimum atomic E-state index is -0.989. The van der Waals surface area contributed by atoms with Crippen molar-refractivity contribution in [2.75, 3.05) is 0 Å². The molecule has 2 aromatic heterocycles.